The molecule has 1 amide bonds. The minimum atomic E-state index is -1.70. The fourth-order valence-corrected chi connectivity index (χ4v) is 5.13. The molecule has 2 aliphatic heterocycles. The molecule has 12 heteroatoms. The quantitative estimate of drug-likeness (QED) is 0.518. The van der Waals surface area contributed by atoms with E-state index in [1.54, 1.807) is 37.7 Å². The second kappa shape index (κ2) is 9.44. The summed E-state index contributed by atoms with van der Waals surface area (Å²) in [7, 11) is 0.699. The summed E-state index contributed by atoms with van der Waals surface area (Å²) >= 11 is 0. The summed E-state index contributed by atoms with van der Waals surface area (Å²) in [5, 5.41) is 18.2. The molecule has 0 bridgehead atoms. The number of anilines is 1. The highest BCUT2D eigenvalue weighted by molar-refractivity contribution is 7.81. The van der Waals surface area contributed by atoms with Crippen LogP contribution in [0.5, 0.6) is 0 Å². The van der Waals surface area contributed by atoms with Crippen LogP contribution in [0.25, 0.3) is 22.8 Å². The predicted octanol–water partition coefficient (Wildman–Crippen LogP) is 1.41. The van der Waals surface area contributed by atoms with Crippen molar-refractivity contribution in [1.82, 2.24) is 29.3 Å². The summed E-state index contributed by atoms with van der Waals surface area (Å²) < 4.78 is 19.0. The van der Waals surface area contributed by atoms with Crippen molar-refractivity contribution in [2.75, 3.05) is 38.3 Å². The van der Waals surface area contributed by atoms with Crippen molar-refractivity contribution in [3.8, 4) is 22.8 Å². The van der Waals surface area contributed by atoms with Gasteiger partial charge in [-0.1, -0.05) is 11.2 Å². The van der Waals surface area contributed by atoms with Gasteiger partial charge in [0.15, 0.2) is 5.76 Å². The van der Waals surface area contributed by atoms with Gasteiger partial charge in [-0.05, 0) is 31.0 Å². The fourth-order valence-electron chi connectivity index (χ4n) is 4.40. The normalized spacial score (nSPS) is 22.5. The van der Waals surface area contributed by atoms with E-state index in [0.717, 1.165) is 25.9 Å². The Morgan fingerprint density at radius 3 is 2.51 bits per heavy atom. The number of rotatable bonds is 6. The molecule has 2 unspecified atom stereocenters. The fraction of sp³-hybridized carbons (Fsp3) is 0.435. The van der Waals surface area contributed by atoms with Crippen molar-refractivity contribution in [3.63, 3.8) is 0 Å². The van der Waals surface area contributed by atoms with Gasteiger partial charge in [-0.15, -0.1) is 0 Å². The van der Waals surface area contributed by atoms with Gasteiger partial charge in [-0.2, -0.15) is 0 Å². The Morgan fingerprint density at radius 1 is 1.11 bits per heavy atom. The maximum absolute atomic E-state index is 12.4. The molecular formula is C23H27N7O4S. The van der Waals surface area contributed by atoms with Crippen LogP contribution >= 0.6 is 0 Å². The number of aromatic nitrogens is 4. The first-order chi connectivity index (χ1) is 16.8. The number of nitrogens with zero attached hydrogens (tertiary/aromatic N) is 6. The van der Waals surface area contributed by atoms with Crippen molar-refractivity contribution in [1.29, 1.82) is 0 Å². The van der Waals surface area contributed by atoms with Crippen LogP contribution in [-0.4, -0.2) is 83.5 Å². The van der Waals surface area contributed by atoms with Gasteiger partial charge in [0, 0.05) is 57.7 Å². The van der Waals surface area contributed by atoms with Crippen molar-refractivity contribution in [2.45, 2.75) is 30.9 Å². The SMILES string of the molecule is CN1CCC(O)(c2cc(-c3cccc(-c4ccnc(NC5CCN(S(C)=O)CC5)n4)n3)no2)C1=O. The molecular weight excluding hydrogens is 470 g/mol. The second-order valence-corrected chi connectivity index (χ2v) is 10.2. The van der Waals surface area contributed by atoms with Crippen molar-refractivity contribution < 1.29 is 18.6 Å². The van der Waals surface area contributed by atoms with E-state index in [9.17, 15) is 14.1 Å². The Morgan fingerprint density at radius 2 is 1.83 bits per heavy atom. The number of pyridine rings is 1. The average molecular weight is 498 g/mol. The second-order valence-electron chi connectivity index (χ2n) is 8.86. The number of likely N-dealkylation sites (tertiary alicyclic amines) is 1. The summed E-state index contributed by atoms with van der Waals surface area (Å²) in [5.41, 5.74) is 0.529. The molecule has 2 atom stereocenters. The van der Waals surface area contributed by atoms with Gasteiger partial charge in [0.2, 0.25) is 11.5 Å². The number of piperidine rings is 1. The molecule has 0 aliphatic carbocycles. The Kier molecular flexibility index (Phi) is 6.34. The summed E-state index contributed by atoms with van der Waals surface area (Å²) in [6.45, 7) is 1.97. The van der Waals surface area contributed by atoms with Crippen LogP contribution in [-0.2, 0) is 21.4 Å². The van der Waals surface area contributed by atoms with E-state index in [1.165, 1.54) is 4.90 Å². The third kappa shape index (κ3) is 4.68. The Labute approximate surface area is 205 Å². The zero-order valence-electron chi connectivity index (χ0n) is 19.5. The van der Waals surface area contributed by atoms with Crippen LogP contribution in [0.1, 0.15) is 25.0 Å². The van der Waals surface area contributed by atoms with Crippen molar-refractivity contribution in [2.24, 2.45) is 0 Å². The van der Waals surface area contributed by atoms with Gasteiger partial charge >= 0.3 is 0 Å². The lowest BCUT2D eigenvalue weighted by atomic mass is 9.98. The first kappa shape index (κ1) is 23.5. The molecule has 2 aliphatic rings. The zero-order chi connectivity index (χ0) is 24.6. The standard InChI is InChI=1S/C23H27N7O4S/c1-29-13-9-23(32,21(29)31)20-14-19(28-34-20)17-5-3-4-16(26-17)18-6-10-24-22(27-18)25-15-7-11-30(12-8-15)35(2)33/h3-6,10,14-15,32H,7-9,11-13H2,1-2H3,(H,24,25,27). The molecule has 184 valence electrons. The number of nitrogens with one attached hydrogen (secondary N) is 1. The van der Waals surface area contributed by atoms with Gasteiger partial charge in [0.1, 0.15) is 5.69 Å². The smallest absolute Gasteiger partial charge is 0.262 e. The molecule has 2 saturated heterocycles. The van der Waals surface area contributed by atoms with E-state index in [0.29, 0.717) is 35.3 Å². The van der Waals surface area contributed by atoms with E-state index in [2.05, 4.69) is 25.4 Å². The van der Waals surface area contributed by atoms with Gasteiger partial charge < -0.3 is 19.8 Å². The Balaban J connectivity index is 1.32. The van der Waals surface area contributed by atoms with Gasteiger partial charge in [0.25, 0.3) is 5.91 Å². The number of hydrogen-bond donors (Lipinski definition) is 2. The van der Waals surface area contributed by atoms with E-state index < -0.39 is 22.5 Å². The Bertz CT molecular complexity index is 1260. The van der Waals surface area contributed by atoms with Crippen molar-refractivity contribution >= 4 is 22.8 Å². The minimum absolute atomic E-state index is 0.112. The molecule has 3 aromatic heterocycles. The monoisotopic (exact) mass is 497 g/mol. The summed E-state index contributed by atoms with van der Waals surface area (Å²) in [5.74, 6) is 0.220. The van der Waals surface area contributed by atoms with Crippen LogP contribution in [0, 0.1) is 0 Å². The van der Waals surface area contributed by atoms with E-state index in [-0.39, 0.29) is 18.2 Å². The summed E-state index contributed by atoms with van der Waals surface area (Å²) in [6, 6.07) is 9.01. The third-order valence-corrected chi connectivity index (χ3v) is 7.60. The largest absolute Gasteiger partial charge is 0.373 e. The minimum Gasteiger partial charge on any atom is -0.373 e. The number of carbonyl (C=O) groups excluding carboxylic acids is 1. The lowest BCUT2D eigenvalue weighted by Crippen LogP contribution is -2.39. The Hall–Kier alpha value is -3.22. The highest BCUT2D eigenvalue weighted by Gasteiger charge is 2.48. The van der Waals surface area contributed by atoms with Crippen LogP contribution < -0.4 is 5.32 Å². The van der Waals surface area contributed by atoms with Crippen LogP contribution in [0.15, 0.2) is 41.1 Å². The first-order valence-corrected chi connectivity index (χ1v) is 13.0. The van der Waals surface area contributed by atoms with Crippen LogP contribution in [0.4, 0.5) is 5.95 Å². The maximum Gasteiger partial charge on any atom is 0.262 e. The number of amides is 1. The van der Waals surface area contributed by atoms with E-state index in [4.69, 9.17) is 4.52 Å². The number of carbonyl (C=O) groups is 1. The van der Waals surface area contributed by atoms with Gasteiger partial charge in [-0.3, -0.25) is 4.79 Å². The maximum atomic E-state index is 12.4. The topological polar surface area (TPSA) is 138 Å². The highest BCUT2D eigenvalue weighted by Crippen LogP contribution is 2.34. The number of hydrogen-bond acceptors (Lipinski definition) is 9. The zero-order valence-corrected chi connectivity index (χ0v) is 20.4. The number of likely N-dealkylation sites (N-methyl/N-ethyl adjacent to an activating group) is 1. The molecule has 0 saturated carbocycles. The molecule has 0 spiro atoms. The molecule has 5 rings (SSSR count). The van der Waals surface area contributed by atoms with E-state index >= 15 is 0 Å². The molecule has 2 fully saturated rings. The lowest BCUT2D eigenvalue weighted by Gasteiger charge is -2.30. The molecule has 0 aromatic carbocycles. The molecule has 3 aromatic rings. The third-order valence-electron chi connectivity index (χ3n) is 6.51. The first-order valence-electron chi connectivity index (χ1n) is 11.4. The van der Waals surface area contributed by atoms with Gasteiger partial charge in [0.05, 0.1) is 28.1 Å². The average Bonchev–Trinajstić information content (AvgIpc) is 3.47. The van der Waals surface area contributed by atoms with Crippen LogP contribution in [0.2, 0.25) is 0 Å². The van der Waals surface area contributed by atoms with Gasteiger partial charge in [-0.25, -0.2) is 23.5 Å². The molecule has 0 radical (unpaired) electrons. The van der Waals surface area contributed by atoms with Crippen molar-refractivity contribution in [3.05, 3.63) is 42.3 Å². The molecule has 2 N–H and O–H groups in total. The molecule has 5 heterocycles. The summed E-state index contributed by atoms with van der Waals surface area (Å²) in [6.07, 6.45) is 5.35. The van der Waals surface area contributed by atoms with E-state index in [1.807, 2.05) is 16.4 Å². The predicted molar refractivity (Wildman–Crippen MR) is 129 cm³/mol. The molecule has 35 heavy (non-hydrogen) atoms. The highest BCUT2D eigenvalue weighted by atomic mass is 32.2. The lowest BCUT2D eigenvalue weighted by molar-refractivity contribution is -0.144. The molecule has 11 nitrogen and oxygen atoms in total. The van der Waals surface area contributed by atoms with Crippen LogP contribution in [0.3, 0.4) is 0 Å². The summed E-state index contributed by atoms with van der Waals surface area (Å²) in [4.78, 5) is 27.5. The number of aliphatic hydroxyl groups is 1.